The van der Waals surface area contributed by atoms with Crippen molar-refractivity contribution in [3.63, 3.8) is 0 Å². The normalized spacial score (nSPS) is 25.2. The second kappa shape index (κ2) is 8.73. The molecular formula is C9H19NO2S5. The average molecular weight is 334 g/mol. The predicted octanol–water partition coefficient (Wildman–Crippen LogP) is 2.99. The van der Waals surface area contributed by atoms with Gasteiger partial charge in [-0.2, -0.15) is 37.9 Å². The molecule has 8 heteroatoms. The third-order valence-electron chi connectivity index (χ3n) is 2.06. The van der Waals surface area contributed by atoms with Crippen LogP contribution in [0.15, 0.2) is 0 Å². The Morgan fingerprint density at radius 1 is 1.29 bits per heavy atom. The quantitative estimate of drug-likeness (QED) is 0.163. The van der Waals surface area contributed by atoms with Crippen molar-refractivity contribution in [2.75, 3.05) is 12.4 Å². The fourth-order valence-electron chi connectivity index (χ4n) is 1.13. The standard InChI is InChI=1S/C9H19NO2S5/c10-9(12-17-9)11-5-1-4-8(15)16-6-2-3-7(13)14/h7-8,13-15H,1-6,10H2. The summed E-state index contributed by atoms with van der Waals surface area (Å²) in [5.41, 5.74) is 5.57. The van der Waals surface area contributed by atoms with Crippen LogP contribution in [-0.2, 0) is 8.92 Å². The molecule has 102 valence electrons. The van der Waals surface area contributed by atoms with Crippen molar-refractivity contribution in [3.8, 4) is 0 Å². The summed E-state index contributed by atoms with van der Waals surface area (Å²) in [5, 5.41) is -0.854. The van der Waals surface area contributed by atoms with E-state index in [0.717, 1.165) is 31.4 Å². The Bertz CT molecular complexity index is 216. The van der Waals surface area contributed by atoms with Crippen molar-refractivity contribution in [3.05, 3.63) is 0 Å². The molecule has 0 aromatic rings. The predicted molar refractivity (Wildman–Crippen MR) is 87.0 cm³/mol. The molecule has 1 aliphatic heterocycles. The Hall–Kier alpha value is 1.63. The van der Waals surface area contributed by atoms with Gasteiger partial charge in [-0.1, -0.05) is 0 Å². The van der Waals surface area contributed by atoms with E-state index in [1.165, 1.54) is 12.0 Å². The van der Waals surface area contributed by atoms with E-state index in [1.807, 2.05) is 11.8 Å². The maximum Gasteiger partial charge on any atom is 0.314 e. The van der Waals surface area contributed by atoms with Gasteiger partial charge >= 0.3 is 5.24 Å². The van der Waals surface area contributed by atoms with Crippen LogP contribution in [0, 0.1) is 0 Å². The third kappa shape index (κ3) is 9.21. The van der Waals surface area contributed by atoms with Crippen LogP contribution < -0.4 is 5.73 Å². The van der Waals surface area contributed by atoms with Gasteiger partial charge < -0.3 is 4.74 Å². The van der Waals surface area contributed by atoms with Crippen molar-refractivity contribution in [1.82, 2.24) is 0 Å². The van der Waals surface area contributed by atoms with Gasteiger partial charge in [0.15, 0.2) is 0 Å². The highest BCUT2D eigenvalue weighted by atomic mass is 32.2. The van der Waals surface area contributed by atoms with E-state index in [0.29, 0.717) is 11.2 Å². The molecule has 2 atom stereocenters. The average Bonchev–Trinajstić information content (AvgIpc) is 2.98. The van der Waals surface area contributed by atoms with Crippen molar-refractivity contribution in [2.24, 2.45) is 5.73 Å². The lowest BCUT2D eigenvalue weighted by molar-refractivity contribution is -0.0385. The SMILES string of the molecule is NC1(OCCCC(S)SCCCC(S)S)OS1. The first-order valence-corrected chi connectivity index (χ1v) is 8.81. The Labute approximate surface area is 128 Å². The molecule has 0 aromatic heterocycles. The van der Waals surface area contributed by atoms with Crippen LogP contribution in [-0.4, -0.2) is 26.8 Å². The zero-order chi connectivity index (χ0) is 12.7. The number of thioether (sulfide) groups is 1. The second-order valence-corrected chi connectivity index (χ2v) is 8.55. The van der Waals surface area contributed by atoms with Crippen LogP contribution in [0.25, 0.3) is 0 Å². The maximum atomic E-state index is 5.57. The van der Waals surface area contributed by atoms with Crippen LogP contribution in [0.2, 0.25) is 0 Å². The van der Waals surface area contributed by atoms with Crippen molar-refractivity contribution in [2.45, 2.75) is 40.1 Å². The first-order valence-electron chi connectivity index (χ1n) is 5.47. The van der Waals surface area contributed by atoms with E-state index < -0.39 is 5.24 Å². The molecule has 1 fully saturated rings. The summed E-state index contributed by atoms with van der Waals surface area (Å²) in [7, 11) is 0. The minimum absolute atomic E-state index is 0.194. The van der Waals surface area contributed by atoms with Crippen LogP contribution in [0.4, 0.5) is 0 Å². The molecule has 0 radical (unpaired) electrons. The monoisotopic (exact) mass is 333 g/mol. The highest BCUT2D eigenvalue weighted by Crippen LogP contribution is 2.42. The van der Waals surface area contributed by atoms with Gasteiger partial charge in [0.05, 0.1) is 18.6 Å². The van der Waals surface area contributed by atoms with E-state index in [1.54, 1.807) is 0 Å². The molecule has 17 heavy (non-hydrogen) atoms. The van der Waals surface area contributed by atoms with E-state index >= 15 is 0 Å². The number of hydrogen-bond acceptors (Lipinski definition) is 8. The van der Waals surface area contributed by atoms with Gasteiger partial charge in [0.25, 0.3) is 0 Å². The summed E-state index contributed by atoms with van der Waals surface area (Å²) >= 11 is 16.0. The van der Waals surface area contributed by atoms with Gasteiger partial charge in [0.2, 0.25) is 0 Å². The van der Waals surface area contributed by atoms with Gasteiger partial charge in [-0.25, -0.2) is 4.18 Å². The van der Waals surface area contributed by atoms with Crippen LogP contribution in [0.1, 0.15) is 25.7 Å². The molecule has 1 saturated heterocycles. The van der Waals surface area contributed by atoms with Gasteiger partial charge in [-0.3, -0.25) is 5.73 Å². The van der Waals surface area contributed by atoms with Crippen molar-refractivity contribution in [1.29, 1.82) is 0 Å². The number of rotatable bonds is 10. The van der Waals surface area contributed by atoms with Gasteiger partial charge in [-0.15, -0.1) is 11.8 Å². The molecule has 0 saturated carbocycles. The molecular weight excluding hydrogens is 314 g/mol. The van der Waals surface area contributed by atoms with Gasteiger partial charge in [-0.05, 0) is 31.4 Å². The summed E-state index contributed by atoms with van der Waals surface area (Å²) < 4.78 is 10.7. The fourth-order valence-corrected chi connectivity index (χ4v) is 3.19. The second-order valence-electron chi connectivity index (χ2n) is 3.71. The molecule has 1 rings (SSSR count). The first-order chi connectivity index (χ1) is 8.02. The molecule has 1 heterocycles. The lowest BCUT2D eigenvalue weighted by Crippen LogP contribution is -2.25. The van der Waals surface area contributed by atoms with E-state index in [4.69, 9.17) is 14.7 Å². The summed E-state index contributed by atoms with van der Waals surface area (Å²) in [6, 6.07) is 0. The smallest absolute Gasteiger partial charge is 0.314 e. The highest BCUT2D eigenvalue weighted by molar-refractivity contribution is 8.10. The number of hydrogen-bond donors (Lipinski definition) is 4. The molecule has 3 nitrogen and oxygen atoms in total. The Morgan fingerprint density at radius 3 is 2.59 bits per heavy atom. The third-order valence-corrected chi connectivity index (χ3v) is 5.04. The molecule has 0 aliphatic carbocycles. The summed E-state index contributed by atoms with van der Waals surface area (Å²) in [6.07, 6.45) is 4.13. The Morgan fingerprint density at radius 2 is 2.00 bits per heavy atom. The lowest BCUT2D eigenvalue weighted by atomic mass is 10.3. The number of nitrogens with two attached hydrogens (primary N) is 1. The molecule has 2 N–H and O–H groups in total. The molecule has 0 aromatic carbocycles. The maximum absolute atomic E-state index is 5.57. The van der Waals surface area contributed by atoms with Gasteiger partial charge in [0.1, 0.15) is 0 Å². The minimum Gasteiger partial charge on any atom is -0.327 e. The molecule has 1 aliphatic rings. The van der Waals surface area contributed by atoms with E-state index in [2.05, 4.69) is 37.9 Å². The van der Waals surface area contributed by atoms with Crippen LogP contribution >= 0.6 is 61.7 Å². The fraction of sp³-hybridized carbons (Fsp3) is 1.00. The van der Waals surface area contributed by atoms with Gasteiger partial charge in [0, 0.05) is 9.16 Å². The molecule has 0 bridgehead atoms. The number of thiol groups is 3. The Kier molecular flexibility index (Phi) is 8.57. The zero-order valence-electron chi connectivity index (χ0n) is 9.45. The van der Waals surface area contributed by atoms with E-state index in [-0.39, 0.29) is 4.58 Å². The van der Waals surface area contributed by atoms with Crippen molar-refractivity contribution >= 4 is 61.7 Å². The minimum atomic E-state index is -0.854. The number of ether oxygens (including phenoxy) is 1. The van der Waals surface area contributed by atoms with Crippen LogP contribution in [0.3, 0.4) is 0 Å². The zero-order valence-corrected chi connectivity index (χ0v) is 13.8. The topological polar surface area (TPSA) is 47.8 Å². The highest BCUT2D eigenvalue weighted by Gasteiger charge is 2.45. The Balaban J connectivity index is 1.85. The summed E-state index contributed by atoms with van der Waals surface area (Å²) in [6.45, 7) is 0.622. The van der Waals surface area contributed by atoms with Crippen molar-refractivity contribution < 1.29 is 8.92 Å². The summed E-state index contributed by atoms with van der Waals surface area (Å²) in [4.78, 5) is 0. The first kappa shape index (κ1) is 16.7. The molecule has 2 unspecified atom stereocenters. The van der Waals surface area contributed by atoms with E-state index in [9.17, 15) is 0 Å². The lowest BCUT2D eigenvalue weighted by Gasteiger charge is -2.11. The molecule has 0 amide bonds. The summed E-state index contributed by atoms with van der Waals surface area (Å²) in [5.74, 6) is 1.10. The van der Waals surface area contributed by atoms with Crippen LogP contribution in [0.5, 0.6) is 0 Å². The molecule has 0 spiro atoms. The largest absolute Gasteiger partial charge is 0.327 e.